The zero-order valence-electron chi connectivity index (χ0n) is 13.6. The molecule has 0 spiro atoms. The van der Waals surface area contributed by atoms with Crippen LogP contribution in [0.2, 0.25) is 5.02 Å². The normalized spacial score (nSPS) is 16.8. The smallest absolute Gasteiger partial charge is 0.246 e. The zero-order chi connectivity index (χ0) is 16.9. The Balaban J connectivity index is 1.56. The summed E-state index contributed by atoms with van der Waals surface area (Å²) in [6.07, 6.45) is 4.26. The molecule has 1 aliphatic heterocycles. The summed E-state index contributed by atoms with van der Waals surface area (Å²) in [6, 6.07) is 15.7. The SMILES string of the molecule is CN(CC1Cc2ccccc2CO1)C(=O)/C=C/c1ccc(Cl)cc1. The molecule has 0 bridgehead atoms. The van der Waals surface area contributed by atoms with Crippen LogP contribution in [-0.4, -0.2) is 30.5 Å². The van der Waals surface area contributed by atoms with E-state index in [9.17, 15) is 4.79 Å². The van der Waals surface area contributed by atoms with Crippen molar-refractivity contribution in [1.82, 2.24) is 4.90 Å². The first-order chi connectivity index (χ1) is 11.6. The molecule has 0 aromatic heterocycles. The highest BCUT2D eigenvalue weighted by molar-refractivity contribution is 6.30. The third-order valence-corrected chi connectivity index (χ3v) is 4.43. The number of hydrogen-bond donors (Lipinski definition) is 0. The van der Waals surface area contributed by atoms with Gasteiger partial charge >= 0.3 is 0 Å². The topological polar surface area (TPSA) is 29.5 Å². The molecule has 0 saturated carbocycles. The average molecular weight is 342 g/mol. The van der Waals surface area contributed by atoms with Crippen molar-refractivity contribution in [3.63, 3.8) is 0 Å². The molecule has 2 aromatic carbocycles. The van der Waals surface area contributed by atoms with Crippen molar-refractivity contribution in [2.75, 3.05) is 13.6 Å². The third-order valence-electron chi connectivity index (χ3n) is 4.18. The Hall–Kier alpha value is -2.10. The van der Waals surface area contributed by atoms with Crippen LogP contribution in [0.4, 0.5) is 0 Å². The maximum atomic E-state index is 12.3. The molecule has 4 heteroatoms. The summed E-state index contributed by atoms with van der Waals surface area (Å²) in [5, 5.41) is 0.685. The van der Waals surface area contributed by atoms with Crippen molar-refractivity contribution in [3.8, 4) is 0 Å². The molecule has 1 atom stereocenters. The Bertz CT molecular complexity index is 740. The van der Waals surface area contributed by atoms with Gasteiger partial charge in [0.15, 0.2) is 0 Å². The van der Waals surface area contributed by atoms with Crippen LogP contribution in [0.3, 0.4) is 0 Å². The van der Waals surface area contributed by atoms with Gasteiger partial charge in [0, 0.05) is 31.1 Å². The highest BCUT2D eigenvalue weighted by Gasteiger charge is 2.21. The molecule has 3 rings (SSSR count). The van der Waals surface area contributed by atoms with Crippen molar-refractivity contribution < 1.29 is 9.53 Å². The fraction of sp³-hybridized carbons (Fsp3) is 0.250. The number of carbonyl (C=O) groups is 1. The minimum absolute atomic E-state index is 0.0348. The monoisotopic (exact) mass is 341 g/mol. The lowest BCUT2D eigenvalue weighted by Gasteiger charge is -2.28. The number of fused-ring (bicyclic) bond motifs is 1. The minimum atomic E-state index is -0.0348. The van der Waals surface area contributed by atoms with Crippen LogP contribution in [-0.2, 0) is 22.6 Å². The van der Waals surface area contributed by atoms with Crippen molar-refractivity contribution in [1.29, 1.82) is 0 Å². The first-order valence-corrected chi connectivity index (χ1v) is 8.37. The largest absolute Gasteiger partial charge is 0.371 e. The maximum absolute atomic E-state index is 12.3. The first kappa shape index (κ1) is 16.7. The summed E-state index contributed by atoms with van der Waals surface area (Å²) >= 11 is 5.86. The van der Waals surface area contributed by atoms with E-state index in [0.717, 1.165) is 12.0 Å². The highest BCUT2D eigenvalue weighted by Crippen LogP contribution is 2.20. The Kier molecular flexibility index (Phi) is 5.34. The molecule has 0 saturated heterocycles. The number of likely N-dealkylation sites (N-methyl/N-ethyl adjacent to an activating group) is 1. The van der Waals surface area contributed by atoms with Crippen molar-refractivity contribution >= 4 is 23.6 Å². The molecule has 24 heavy (non-hydrogen) atoms. The lowest BCUT2D eigenvalue weighted by Crippen LogP contribution is -2.37. The number of rotatable bonds is 4. The summed E-state index contributed by atoms with van der Waals surface area (Å²) in [7, 11) is 1.80. The van der Waals surface area contributed by atoms with Gasteiger partial charge in [-0.3, -0.25) is 4.79 Å². The number of amides is 1. The van der Waals surface area contributed by atoms with Gasteiger partial charge in [-0.2, -0.15) is 0 Å². The van der Waals surface area contributed by atoms with Crippen molar-refractivity contribution in [2.24, 2.45) is 0 Å². The van der Waals surface area contributed by atoms with Gasteiger partial charge in [-0.05, 0) is 34.9 Å². The molecule has 124 valence electrons. The molecule has 0 radical (unpaired) electrons. The molecule has 1 unspecified atom stereocenters. The van der Waals surface area contributed by atoms with Crippen LogP contribution >= 0.6 is 11.6 Å². The van der Waals surface area contributed by atoms with Crippen molar-refractivity contribution in [3.05, 3.63) is 76.3 Å². The summed E-state index contributed by atoms with van der Waals surface area (Å²) in [4.78, 5) is 14.0. The van der Waals surface area contributed by atoms with Gasteiger partial charge in [-0.1, -0.05) is 48.0 Å². The maximum Gasteiger partial charge on any atom is 0.246 e. The molecule has 3 nitrogen and oxygen atoms in total. The number of hydrogen-bond acceptors (Lipinski definition) is 2. The van der Waals surface area contributed by atoms with Crippen molar-refractivity contribution in [2.45, 2.75) is 19.1 Å². The number of nitrogens with zero attached hydrogens (tertiary/aromatic N) is 1. The predicted molar refractivity (Wildman–Crippen MR) is 96.8 cm³/mol. The van der Waals surface area contributed by atoms with E-state index in [1.807, 2.05) is 36.4 Å². The predicted octanol–water partition coefficient (Wildman–Crippen LogP) is 3.95. The standard InChI is InChI=1S/C20H20ClNO2/c1-22(20(23)11-8-15-6-9-18(21)10-7-15)13-19-12-16-4-2-3-5-17(16)14-24-19/h2-11,19H,12-14H2,1H3/b11-8+. The van der Waals surface area contributed by atoms with Crippen LogP contribution in [0.25, 0.3) is 6.08 Å². The lowest BCUT2D eigenvalue weighted by molar-refractivity contribution is -0.126. The number of benzene rings is 2. The molecule has 1 aliphatic rings. The fourth-order valence-electron chi connectivity index (χ4n) is 2.79. The van der Waals surface area contributed by atoms with Crippen LogP contribution in [0.15, 0.2) is 54.6 Å². The van der Waals surface area contributed by atoms with E-state index in [1.54, 1.807) is 24.1 Å². The first-order valence-electron chi connectivity index (χ1n) is 7.99. The fourth-order valence-corrected chi connectivity index (χ4v) is 2.92. The second kappa shape index (κ2) is 7.65. The Labute approximate surface area is 147 Å². The van der Waals surface area contributed by atoms with E-state index < -0.39 is 0 Å². The van der Waals surface area contributed by atoms with Crippen LogP contribution in [0.1, 0.15) is 16.7 Å². The van der Waals surface area contributed by atoms with E-state index in [0.29, 0.717) is 18.2 Å². The van der Waals surface area contributed by atoms with Crippen LogP contribution in [0, 0.1) is 0 Å². The number of halogens is 1. The van der Waals surface area contributed by atoms with Crippen LogP contribution < -0.4 is 0 Å². The summed E-state index contributed by atoms with van der Waals surface area (Å²) in [5.41, 5.74) is 3.50. The Morgan fingerprint density at radius 3 is 2.67 bits per heavy atom. The molecule has 0 N–H and O–H groups in total. The van der Waals surface area contributed by atoms with Gasteiger partial charge < -0.3 is 9.64 Å². The quantitative estimate of drug-likeness (QED) is 0.788. The van der Waals surface area contributed by atoms with Gasteiger partial charge in [-0.25, -0.2) is 0 Å². The summed E-state index contributed by atoms with van der Waals surface area (Å²) < 4.78 is 5.87. The molecule has 0 fully saturated rings. The van der Waals surface area contributed by atoms with Gasteiger partial charge in [0.05, 0.1) is 12.7 Å². The zero-order valence-corrected chi connectivity index (χ0v) is 14.4. The Morgan fingerprint density at radius 1 is 1.21 bits per heavy atom. The van der Waals surface area contributed by atoms with Gasteiger partial charge in [-0.15, -0.1) is 0 Å². The van der Waals surface area contributed by atoms with Crippen LogP contribution in [0.5, 0.6) is 0 Å². The number of carbonyl (C=O) groups excluding carboxylic acids is 1. The van der Waals surface area contributed by atoms with E-state index in [1.165, 1.54) is 11.1 Å². The summed E-state index contributed by atoms with van der Waals surface area (Å²) in [6.45, 7) is 1.20. The molecular weight excluding hydrogens is 322 g/mol. The number of ether oxygens (including phenoxy) is 1. The molecule has 0 aliphatic carbocycles. The molecule has 2 aromatic rings. The second-order valence-corrected chi connectivity index (χ2v) is 6.45. The van der Waals surface area contributed by atoms with Gasteiger partial charge in [0.2, 0.25) is 5.91 Å². The minimum Gasteiger partial charge on any atom is -0.371 e. The van der Waals surface area contributed by atoms with E-state index in [-0.39, 0.29) is 12.0 Å². The summed E-state index contributed by atoms with van der Waals surface area (Å²) in [5.74, 6) is -0.0348. The highest BCUT2D eigenvalue weighted by atomic mass is 35.5. The third kappa shape index (κ3) is 4.25. The molecule has 1 amide bonds. The van der Waals surface area contributed by atoms with Gasteiger partial charge in [0.25, 0.3) is 0 Å². The molecule has 1 heterocycles. The lowest BCUT2D eigenvalue weighted by atomic mass is 9.99. The Morgan fingerprint density at radius 2 is 1.92 bits per heavy atom. The van der Waals surface area contributed by atoms with E-state index in [4.69, 9.17) is 16.3 Å². The van der Waals surface area contributed by atoms with E-state index in [2.05, 4.69) is 12.1 Å². The average Bonchev–Trinajstić information content (AvgIpc) is 2.61. The van der Waals surface area contributed by atoms with E-state index >= 15 is 0 Å². The second-order valence-electron chi connectivity index (χ2n) is 6.01. The van der Waals surface area contributed by atoms with Gasteiger partial charge in [0.1, 0.15) is 0 Å². The molecular formula is C20H20ClNO2.